The lowest BCUT2D eigenvalue weighted by Gasteiger charge is -2.00. The van der Waals surface area contributed by atoms with Gasteiger partial charge in [-0.3, -0.25) is 4.79 Å². The molecule has 7 nitrogen and oxygen atoms in total. The number of aromatic nitrogens is 4. The zero-order valence-electron chi connectivity index (χ0n) is 12.6. The third-order valence-electron chi connectivity index (χ3n) is 2.97. The third-order valence-corrected chi connectivity index (χ3v) is 3.79. The van der Waals surface area contributed by atoms with Crippen molar-refractivity contribution in [3.05, 3.63) is 41.6 Å². The van der Waals surface area contributed by atoms with Crippen molar-refractivity contribution in [1.29, 1.82) is 0 Å². The maximum Gasteiger partial charge on any atom is 0.471 e. The summed E-state index contributed by atoms with van der Waals surface area (Å²) in [5.74, 6) is -1.34. The fourth-order valence-electron chi connectivity index (χ4n) is 1.81. The Labute approximate surface area is 142 Å². The molecule has 1 aromatic carbocycles. The summed E-state index contributed by atoms with van der Waals surface area (Å²) < 4.78 is 46.7. The minimum absolute atomic E-state index is 0.0847. The van der Waals surface area contributed by atoms with Crippen molar-refractivity contribution >= 4 is 17.5 Å². The van der Waals surface area contributed by atoms with E-state index in [2.05, 4.69) is 24.9 Å². The predicted molar refractivity (Wildman–Crippen MR) is 78.8 cm³/mol. The topological polar surface area (TPSA) is 94.9 Å². The van der Waals surface area contributed by atoms with Crippen molar-refractivity contribution in [3.63, 3.8) is 0 Å². The van der Waals surface area contributed by atoms with E-state index in [0.29, 0.717) is 17.0 Å². The minimum atomic E-state index is -4.70. The van der Waals surface area contributed by atoms with Crippen LogP contribution in [0.1, 0.15) is 22.1 Å². The summed E-state index contributed by atoms with van der Waals surface area (Å²) in [6.07, 6.45) is -4.70. The average molecular weight is 370 g/mol. The van der Waals surface area contributed by atoms with Crippen LogP contribution in [0.15, 0.2) is 38.4 Å². The van der Waals surface area contributed by atoms with Crippen molar-refractivity contribution < 1.29 is 26.9 Å². The molecular formula is C14H9F3N4O3S. The molecule has 11 heteroatoms. The molecule has 0 saturated heterocycles. The van der Waals surface area contributed by atoms with Gasteiger partial charge in [0.2, 0.25) is 11.7 Å². The molecular weight excluding hydrogens is 361 g/mol. The van der Waals surface area contributed by atoms with Crippen LogP contribution in [0.25, 0.3) is 11.4 Å². The number of alkyl halides is 3. The number of carbonyl (C=O) groups excluding carboxylic acids is 1. The van der Waals surface area contributed by atoms with Gasteiger partial charge < -0.3 is 8.94 Å². The molecule has 3 rings (SSSR count). The van der Waals surface area contributed by atoms with E-state index in [1.807, 2.05) is 0 Å². The van der Waals surface area contributed by atoms with Gasteiger partial charge in [0, 0.05) is 18.1 Å². The van der Waals surface area contributed by atoms with Crippen LogP contribution in [0.3, 0.4) is 0 Å². The summed E-state index contributed by atoms with van der Waals surface area (Å²) in [5.41, 5.74) is 0.683. The Bertz CT molecular complexity index is 889. The van der Waals surface area contributed by atoms with Gasteiger partial charge in [0.25, 0.3) is 5.22 Å². The molecule has 0 N–H and O–H groups in total. The van der Waals surface area contributed by atoms with Gasteiger partial charge in [-0.2, -0.15) is 18.2 Å². The maximum absolute atomic E-state index is 12.5. The van der Waals surface area contributed by atoms with Crippen LogP contribution in [0.5, 0.6) is 0 Å². The van der Waals surface area contributed by atoms with Gasteiger partial charge in [0.05, 0.1) is 5.75 Å². The van der Waals surface area contributed by atoms with Gasteiger partial charge in [-0.15, -0.1) is 10.2 Å². The first kappa shape index (κ1) is 17.1. The fourth-order valence-corrected chi connectivity index (χ4v) is 2.51. The highest BCUT2D eigenvalue weighted by molar-refractivity contribution is 7.99. The van der Waals surface area contributed by atoms with Crippen LogP contribution in [-0.4, -0.2) is 31.9 Å². The number of hydrogen-bond donors (Lipinski definition) is 0. The second-order valence-corrected chi connectivity index (χ2v) is 5.72. The summed E-state index contributed by atoms with van der Waals surface area (Å²) in [5, 5.41) is 11.0. The lowest BCUT2D eigenvalue weighted by atomic mass is 10.1. The van der Waals surface area contributed by atoms with Crippen molar-refractivity contribution in [1.82, 2.24) is 20.3 Å². The number of nitrogens with zero attached hydrogens (tertiary/aromatic N) is 4. The van der Waals surface area contributed by atoms with E-state index in [-0.39, 0.29) is 22.6 Å². The highest BCUT2D eigenvalue weighted by Gasteiger charge is 2.38. The van der Waals surface area contributed by atoms with E-state index in [0.717, 1.165) is 11.8 Å². The summed E-state index contributed by atoms with van der Waals surface area (Å²) >= 11 is 1.10. The number of Topliss-reactive ketones (excluding diaryl/α,β-unsaturated/α-hetero) is 1. The molecule has 0 aliphatic rings. The Hall–Kier alpha value is -2.69. The third kappa shape index (κ3) is 4.05. The van der Waals surface area contributed by atoms with E-state index in [1.165, 1.54) is 24.3 Å². The van der Waals surface area contributed by atoms with Crippen LogP contribution in [0.2, 0.25) is 0 Å². The zero-order valence-corrected chi connectivity index (χ0v) is 13.4. The number of ketones is 1. The largest absolute Gasteiger partial charge is 0.471 e. The van der Waals surface area contributed by atoms with E-state index in [9.17, 15) is 18.0 Å². The highest BCUT2D eigenvalue weighted by atomic mass is 32.2. The molecule has 0 unspecified atom stereocenters. The molecule has 0 spiro atoms. The lowest BCUT2D eigenvalue weighted by molar-refractivity contribution is -0.159. The van der Waals surface area contributed by atoms with E-state index in [1.54, 1.807) is 6.92 Å². The number of aryl methyl sites for hydroxylation is 1. The van der Waals surface area contributed by atoms with E-state index < -0.39 is 12.1 Å². The fraction of sp³-hybridized carbons (Fsp3) is 0.214. The first-order valence-electron chi connectivity index (χ1n) is 6.80. The smallest absolute Gasteiger partial charge is 0.416 e. The summed E-state index contributed by atoms with van der Waals surface area (Å²) in [6.45, 7) is 1.64. The Kier molecular flexibility index (Phi) is 4.57. The van der Waals surface area contributed by atoms with E-state index in [4.69, 9.17) is 4.42 Å². The molecule has 0 amide bonds. The van der Waals surface area contributed by atoms with Crippen molar-refractivity contribution in [3.8, 4) is 11.4 Å². The van der Waals surface area contributed by atoms with Crippen molar-refractivity contribution in [2.24, 2.45) is 0 Å². The molecule has 25 heavy (non-hydrogen) atoms. The van der Waals surface area contributed by atoms with Crippen LogP contribution in [0.4, 0.5) is 13.2 Å². The molecule has 0 bridgehead atoms. The molecule has 2 aromatic heterocycles. The average Bonchev–Trinajstić information content (AvgIpc) is 3.21. The van der Waals surface area contributed by atoms with Gasteiger partial charge in [-0.1, -0.05) is 41.2 Å². The number of thioether (sulfide) groups is 1. The summed E-state index contributed by atoms with van der Waals surface area (Å²) in [4.78, 5) is 15.4. The Morgan fingerprint density at radius 3 is 2.48 bits per heavy atom. The molecule has 3 aromatic rings. The van der Waals surface area contributed by atoms with Crippen LogP contribution in [0, 0.1) is 6.92 Å². The monoisotopic (exact) mass is 370 g/mol. The van der Waals surface area contributed by atoms with Gasteiger partial charge in [0.15, 0.2) is 5.78 Å². The quantitative estimate of drug-likeness (QED) is 0.498. The van der Waals surface area contributed by atoms with Crippen LogP contribution >= 0.6 is 11.8 Å². The number of benzene rings is 1. The summed E-state index contributed by atoms with van der Waals surface area (Å²) in [7, 11) is 0. The number of rotatable bonds is 5. The van der Waals surface area contributed by atoms with Gasteiger partial charge in [-0.25, -0.2) is 0 Å². The molecule has 0 aliphatic carbocycles. The van der Waals surface area contributed by atoms with Crippen molar-refractivity contribution in [2.45, 2.75) is 18.3 Å². The first-order chi connectivity index (χ1) is 11.8. The predicted octanol–water partition coefficient (Wildman–Crippen LogP) is 3.42. The van der Waals surface area contributed by atoms with Gasteiger partial charge >= 0.3 is 12.1 Å². The lowest BCUT2D eigenvalue weighted by Crippen LogP contribution is -2.05. The molecule has 0 atom stereocenters. The SMILES string of the molecule is Cc1nnc(SCC(=O)c2ccc(-c3noc(C(F)(F)F)n3)cc2)o1. The Morgan fingerprint density at radius 2 is 1.92 bits per heavy atom. The van der Waals surface area contributed by atoms with Gasteiger partial charge in [-0.05, 0) is 0 Å². The molecule has 0 fully saturated rings. The van der Waals surface area contributed by atoms with Gasteiger partial charge in [0.1, 0.15) is 0 Å². The highest BCUT2D eigenvalue weighted by Crippen LogP contribution is 2.29. The Morgan fingerprint density at radius 1 is 1.20 bits per heavy atom. The normalized spacial score (nSPS) is 11.7. The molecule has 0 aliphatic heterocycles. The number of carbonyl (C=O) groups is 1. The first-order valence-corrected chi connectivity index (χ1v) is 7.79. The van der Waals surface area contributed by atoms with Crippen LogP contribution < -0.4 is 0 Å². The van der Waals surface area contributed by atoms with E-state index >= 15 is 0 Å². The Balaban J connectivity index is 1.67. The number of halogens is 3. The second kappa shape index (κ2) is 6.67. The maximum atomic E-state index is 12.5. The van der Waals surface area contributed by atoms with Crippen molar-refractivity contribution in [2.75, 3.05) is 5.75 Å². The minimum Gasteiger partial charge on any atom is -0.416 e. The summed E-state index contributed by atoms with van der Waals surface area (Å²) in [6, 6.07) is 5.83. The standard InChI is InChI=1S/C14H9F3N4O3S/c1-7-19-20-13(23-7)25-6-10(22)8-2-4-9(5-3-8)11-18-12(24-21-11)14(15,16)17/h2-5H,6H2,1H3. The molecule has 0 saturated carbocycles. The van der Waals surface area contributed by atoms with Crippen LogP contribution in [-0.2, 0) is 6.18 Å². The molecule has 130 valence electrons. The zero-order chi connectivity index (χ0) is 18.0. The number of hydrogen-bond acceptors (Lipinski definition) is 8. The second-order valence-electron chi connectivity index (χ2n) is 4.80. The molecule has 2 heterocycles. The molecule has 0 radical (unpaired) electrons.